The van der Waals surface area contributed by atoms with Gasteiger partial charge in [-0.15, -0.1) is 0 Å². The molecule has 1 rings (SSSR count). The molecule has 0 aliphatic rings. The molecule has 1 atom stereocenters. The average Bonchev–Trinajstić information content (AvgIpc) is 2.44. The van der Waals surface area contributed by atoms with Crippen LogP contribution in [0, 0.1) is 0 Å². The molecule has 1 amide bonds. The van der Waals surface area contributed by atoms with Crippen LogP contribution in [0.2, 0.25) is 0 Å². The standard InChI is InChI=1S/C8H11Br2N3O/c1-5(8(14)12(2)3)13-4-6(9)7(10)11-13/h4-5H,1-3H3. The van der Waals surface area contributed by atoms with Gasteiger partial charge in [0.2, 0.25) is 5.91 Å². The van der Waals surface area contributed by atoms with Gasteiger partial charge in [-0.2, -0.15) is 5.10 Å². The van der Waals surface area contributed by atoms with E-state index in [0.29, 0.717) is 4.60 Å². The zero-order chi connectivity index (χ0) is 10.9. The highest BCUT2D eigenvalue weighted by molar-refractivity contribution is 9.13. The number of aromatic nitrogens is 2. The highest BCUT2D eigenvalue weighted by Crippen LogP contribution is 2.22. The molecule has 4 nitrogen and oxygen atoms in total. The van der Waals surface area contributed by atoms with Gasteiger partial charge in [-0.1, -0.05) is 0 Å². The Kier molecular flexibility index (Phi) is 3.71. The van der Waals surface area contributed by atoms with E-state index in [2.05, 4.69) is 37.0 Å². The third-order valence-corrected chi connectivity index (χ3v) is 3.54. The van der Waals surface area contributed by atoms with Crippen molar-refractivity contribution >= 4 is 37.8 Å². The number of carbonyl (C=O) groups excluding carboxylic acids is 1. The molecule has 78 valence electrons. The van der Waals surface area contributed by atoms with Crippen LogP contribution in [0.1, 0.15) is 13.0 Å². The van der Waals surface area contributed by atoms with Crippen molar-refractivity contribution in [3.63, 3.8) is 0 Å². The Morgan fingerprint density at radius 2 is 2.14 bits per heavy atom. The molecule has 0 aliphatic heterocycles. The molecule has 1 unspecified atom stereocenters. The summed E-state index contributed by atoms with van der Waals surface area (Å²) in [5, 5.41) is 4.15. The summed E-state index contributed by atoms with van der Waals surface area (Å²) in [5.74, 6) is 0.0208. The van der Waals surface area contributed by atoms with Gasteiger partial charge in [0.05, 0.1) is 4.47 Å². The van der Waals surface area contributed by atoms with Gasteiger partial charge in [0, 0.05) is 20.3 Å². The average molecular weight is 325 g/mol. The van der Waals surface area contributed by atoms with Crippen LogP contribution in [0.4, 0.5) is 0 Å². The maximum Gasteiger partial charge on any atom is 0.246 e. The molecule has 1 aromatic rings. The van der Waals surface area contributed by atoms with Crippen molar-refractivity contribution in [3.05, 3.63) is 15.3 Å². The molecule has 0 aromatic carbocycles. The Balaban J connectivity index is 2.89. The molecular formula is C8H11Br2N3O. The van der Waals surface area contributed by atoms with Crippen LogP contribution in [0.15, 0.2) is 15.3 Å². The van der Waals surface area contributed by atoms with Crippen molar-refractivity contribution in [3.8, 4) is 0 Å². The molecule has 6 heteroatoms. The second-order valence-electron chi connectivity index (χ2n) is 3.16. The summed E-state index contributed by atoms with van der Waals surface area (Å²) >= 11 is 6.58. The fourth-order valence-corrected chi connectivity index (χ4v) is 1.61. The lowest BCUT2D eigenvalue weighted by Crippen LogP contribution is -2.30. The normalized spacial score (nSPS) is 12.6. The molecule has 0 saturated carbocycles. The second kappa shape index (κ2) is 4.44. The van der Waals surface area contributed by atoms with Crippen LogP contribution in [0.25, 0.3) is 0 Å². The van der Waals surface area contributed by atoms with Crippen LogP contribution < -0.4 is 0 Å². The summed E-state index contributed by atoms with van der Waals surface area (Å²) in [6, 6.07) is -0.285. The quantitative estimate of drug-likeness (QED) is 0.835. The van der Waals surface area contributed by atoms with Crippen molar-refractivity contribution in [2.45, 2.75) is 13.0 Å². The summed E-state index contributed by atoms with van der Waals surface area (Å²) in [5.41, 5.74) is 0. The molecule has 1 aromatic heterocycles. The number of hydrogen-bond donors (Lipinski definition) is 0. The summed E-state index contributed by atoms with van der Waals surface area (Å²) < 4.78 is 3.17. The van der Waals surface area contributed by atoms with E-state index in [1.54, 1.807) is 29.9 Å². The van der Waals surface area contributed by atoms with Gasteiger partial charge in [0.25, 0.3) is 0 Å². The maximum atomic E-state index is 11.6. The number of likely N-dealkylation sites (N-methyl/N-ethyl adjacent to an activating group) is 1. The van der Waals surface area contributed by atoms with Crippen molar-refractivity contribution in [2.24, 2.45) is 0 Å². The number of amides is 1. The maximum absolute atomic E-state index is 11.6. The van der Waals surface area contributed by atoms with Crippen LogP contribution in [-0.2, 0) is 4.79 Å². The predicted molar refractivity (Wildman–Crippen MR) is 61.0 cm³/mol. The van der Waals surface area contributed by atoms with Crippen LogP contribution in [-0.4, -0.2) is 34.7 Å². The smallest absolute Gasteiger partial charge is 0.246 e. The van der Waals surface area contributed by atoms with Crippen molar-refractivity contribution in [2.75, 3.05) is 14.1 Å². The Bertz CT molecular complexity index is 329. The Labute approximate surface area is 99.5 Å². The minimum Gasteiger partial charge on any atom is -0.347 e. The van der Waals surface area contributed by atoms with Gasteiger partial charge >= 0.3 is 0 Å². The highest BCUT2D eigenvalue weighted by atomic mass is 79.9. The van der Waals surface area contributed by atoms with E-state index in [-0.39, 0.29) is 11.9 Å². The first-order valence-electron chi connectivity index (χ1n) is 4.04. The van der Waals surface area contributed by atoms with Crippen LogP contribution >= 0.6 is 31.9 Å². The number of carbonyl (C=O) groups is 1. The van der Waals surface area contributed by atoms with E-state index < -0.39 is 0 Å². The highest BCUT2D eigenvalue weighted by Gasteiger charge is 2.18. The lowest BCUT2D eigenvalue weighted by Gasteiger charge is -2.16. The summed E-state index contributed by atoms with van der Waals surface area (Å²) in [6.07, 6.45) is 1.77. The zero-order valence-corrected chi connectivity index (χ0v) is 11.3. The fraction of sp³-hybridized carbons (Fsp3) is 0.500. The van der Waals surface area contributed by atoms with E-state index >= 15 is 0 Å². The van der Waals surface area contributed by atoms with Gasteiger partial charge in [-0.05, 0) is 38.8 Å². The van der Waals surface area contributed by atoms with Crippen molar-refractivity contribution < 1.29 is 4.79 Å². The third kappa shape index (κ3) is 2.36. The molecule has 1 heterocycles. The van der Waals surface area contributed by atoms with Crippen LogP contribution in [0.5, 0.6) is 0 Å². The van der Waals surface area contributed by atoms with Crippen molar-refractivity contribution in [1.82, 2.24) is 14.7 Å². The Morgan fingerprint density at radius 3 is 2.50 bits per heavy atom. The number of rotatable bonds is 2. The molecule has 0 spiro atoms. The van der Waals surface area contributed by atoms with E-state index in [9.17, 15) is 4.79 Å². The van der Waals surface area contributed by atoms with Crippen LogP contribution in [0.3, 0.4) is 0 Å². The fourth-order valence-electron chi connectivity index (χ4n) is 1.03. The molecular weight excluding hydrogens is 314 g/mol. The van der Waals surface area contributed by atoms with E-state index in [4.69, 9.17) is 0 Å². The molecule has 0 N–H and O–H groups in total. The first kappa shape index (κ1) is 11.7. The molecule has 0 aliphatic carbocycles. The molecule has 0 saturated heterocycles. The lowest BCUT2D eigenvalue weighted by atomic mass is 10.3. The SMILES string of the molecule is CC(C(=O)N(C)C)n1cc(Br)c(Br)n1. The molecule has 0 fully saturated rings. The molecule has 14 heavy (non-hydrogen) atoms. The largest absolute Gasteiger partial charge is 0.347 e. The van der Waals surface area contributed by atoms with Gasteiger partial charge in [-0.25, -0.2) is 0 Å². The predicted octanol–water partition coefficient (Wildman–Crippen LogP) is 2.06. The molecule has 0 radical (unpaired) electrons. The zero-order valence-electron chi connectivity index (χ0n) is 8.16. The number of nitrogens with zero attached hydrogens (tertiary/aromatic N) is 3. The summed E-state index contributed by atoms with van der Waals surface area (Å²) in [6.45, 7) is 1.81. The minimum absolute atomic E-state index is 0.0208. The van der Waals surface area contributed by atoms with Gasteiger partial charge in [0.15, 0.2) is 0 Å². The van der Waals surface area contributed by atoms with Gasteiger partial charge in [0.1, 0.15) is 10.6 Å². The van der Waals surface area contributed by atoms with E-state index in [1.807, 2.05) is 6.92 Å². The number of hydrogen-bond acceptors (Lipinski definition) is 2. The van der Waals surface area contributed by atoms with E-state index in [1.165, 1.54) is 0 Å². The molecule has 0 bridgehead atoms. The third-order valence-electron chi connectivity index (χ3n) is 1.84. The Hall–Kier alpha value is -0.360. The monoisotopic (exact) mass is 323 g/mol. The van der Waals surface area contributed by atoms with E-state index in [0.717, 1.165) is 4.47 Å². The Morgan fingerprint density at radius 1 is 1.57 bits per heavy atom. The minimum atomic E-state index is -0.285. The second-order valence-corrected chi connectivity index (χ2v) is 4.76. The lowest BCUT2D eigenvalue weighted by molar-refractivity contribution is -0.131. The summed E-state index contributed by atoms with van der Waals surface area (Å²) in [4.78, 5) is 13.1. The van der Waals surface area contributed by atoms with Crippen molar-refractivity contribution in [1.29, 1.82) is 0 Å². The first-order chi connectivity index (χ1) is 6.43. The first-order valence-corrected chi connectivity index (χ1v) is 5.63. The van der Waals surface area contributed by atoms with Gasteiger partial charge in [-0.3, -0.25) is 9.48 Å². The topological polar surface area (TPSA) is 38.1 Å². The van der Waals surface area contributed by atoms with Gasteiger partial charge < -0.3 is 4.90 Å². The summed E-state index contributed by atoms with van der Waals surface area (Å²) in [7, 11) is 3.46. The number of halogens is 2.